The van der Waals surface area contributed by atoms with Crippen molar-refractivity contribution in [2.45, 2.75) is 49.9 Å². The molecule has 2 atom stereocenters. The standard InChI is InChI=1S/C14H15F5N4S/c15-13(16)3-7(20)1-8(4-13)23-11-10-2-9(5-14(17,18)19)24-12(10)22-6-21-11/h2,6-8H,1,3-5,20H2,(H,21,22,23)/t7-,8+/m1/s1. The molecule has 132 valence electrons. The van der Waals surface area contributed by atoms with Gasteiger partial charge in [0.15, 0.2) is 0 Å². The molecule has 3 N–H and O–H groups in total. The van der Waals surface area contributed by atoms with Gasteiger partial charge in [-0.15, -0.1) is 11.3 Å². The van der Waals surface area contributed by atoms with E-state index in [0.717, 1.165) is 11.3 Å². The summed E-state index contributed by atoms with van der Waals surface area (Å²) >= 11 is 0.917. The fraction of sp³-hybridized carbons (Fsp3) is 0.571. The second-order valence-electron chi connectivity index (χ2n) is 6.05. The summed E-state index contributed by atoms with van der Waals surface area (Å²) in [6.07, 6.45) is -4.57. The van der Waals surface area contributed by atoms with Gasteiger partial charge in [-0.05, 0) is 12.5 Å². The lowest BCUT2D eigenvalue weighted by molar-refractivity contribution is -0.126. The molecule has 2 aromatic rings. The van der Waals surface area contributed by atoms with Crippen molar-refractivity contribution in [3.05, 3.63) is 17.3 Å². The number of anilines is 1. The Kier molecular flexibility index (Phi) is 4.37. The number of nitrogens with one attached hydrogen (secondary N) is 1. The molecular weight excluding hydrogens is 351 g/mol. The van der Waals surface area contributed by atoms with E-state index in [9.17, 15) is 22.0 Å². The van der Waals surface area contributed by atoms with Crippen LogP contribution in [0.3, 0.4) is 0 Å². The van der Waals surface area contributed by atoms with Gasteiger partial charge < -0.3 is 11.1 Å². The van der Waals surface area contributed by atoms with Gasteiger partial charge in [-0.25, -0.2) is 18.7 Å². The van der Waals surface area contributed by atoms with E-state index in [2.05, 4.69) is 15.3 Å². The summed E-state index contributed by atoms with van der Waals surface area (Å²) in [5, 5.41) is 3.31. The van der Waals surface area contributed by atoms with E-state index in [-0.39, 0.29) is 23.5 Å². The highest BCUT2D eigenvalue weighted by Gasteiger charge is 2.40. The fourth-order valence-corrected chi connectivity index (χ4v) is 3.99. The number of fused-ring (bicyclic) bond motifs is 1. The molecule has 1 saturated carbocycles. The lowest BCUT2D eigenvalue weighted by Gasteiger charge is -2.33. The first-order valence-electron chi connectivity index (χ1n) is 7.31. The molecule has 3 rings (SSSR count). The van der Waals surface area contributed by atoms with Crippen LogP contribution in [0.4, 0.5) is 27.8 Å². The number of nitrogens with zero attached hydrogens (tertiary/aromatic N) is 2. The monoisotopic (exact) mass is 366 g/mol. The van der Waals surface area contributed by atoms with Gasteiger partial charge in [0, 0.05) is 29.8 Å². The van der Waals surface area contributed by atoms with E-state index < -0.39 is 30.6 Å². The van der Waals surface area contributed by atoms with Crippen molar-refractivity contribution in [2.24, 2.45) is 5.73 Å². The third kappa shape index (κ3) is 4.10. The Hall–Kier alpha value is -1.55. The van der Waals surface area contributed by atoms with Crippen LogP contribution in [0.5, 0.6) is 0 Å². The Morgan fingerprint density at radius 1 is 1.29 bits per heavy atom. The topological polar surface area (TPSA) is 63.8 Å². The summed E-state index contributed by atoms with van der Waals surface area (Å²) in [5.74, 6) is -2.60. The number of hydrogen-bond acceptors (Lipinski definition) is 5. The largest absolute Gasteiger partial charge is 0.393 e. The Labute approximate surface area is 138 Å². The molecule has 1 aliphatic rings. The summed E-state index contributed by atoms with van der Waals surface area (Å²) in [4.78, 5) is 8.45. The van der Waals surface area contributed by atoms with Gasteiger partial charge in [0.25, 0.3) is 5.92 Å². The van der Waals surface area contributed by atoms with Crippen LogP contribution in [0.2, 0.25) is 0 Å². The van der Waals surface area contributed by atoms with Crippen LogP contribution in [-0.4, -0.2) is 34.2 Å². The molecule has 2 aromatic heterocycles. The second-order valence-corrected chi connectivity index (χ2v) is 7.16. The number of hydrogen-bond donors (Lipinski definition) is 2. The van der Waals surface area contributed by atoms with Crippen molar-refractivity contribution in [3.8, 4) is 0 Å². The molecule has 0 spiro atoms. The fourth-order valence-electron chi connectivity index (χ4n) is 2.97. The van der Waals surface area contributed by atoms with E-state index in [1.165, 1.54) is 12.4 Å². The third-order valence-electron chi connectivity index (χ3n) is 3.79. The van der Waals surface area contributed by atoms with Gasteiger partial charge >= 0.3 is 6.18 Å². The summed E-state index contributed by atoms with van der Waals surface area (Å²) in [6.45, 7) is 0. The van der Waals surface area contributed by atoms with Crippen molar-refractivity contribution in [3.63, 3.8) is 0 Å². The SMILES string of the molecule is N[C@@H]1C[C@H](Nc2ncnc3sc(CC(F)(F)F)cc23)CC(F)(F)C1. The zero-order valence-electron chi connectivity index (χ0n) is 12.4. The number of thiophene rings is 1. The predicted molar refractivity (Wildman–Crippen MR) is 81.4 cm³/mol. The molecule has 0 saturated heterocycles. The zero-order chi connectivity index (χ0) is 17.5. The van der Waals surface area contributed by atoms with Crippen molar-refractivity contribution in [1.82, 2.24) is 9.97 Å². The first-order valence-corrected chi connectivity index (χ1v) is 8.13. The van der Waals surface area contributed by atoms with E-state index in [0.29, 0.717) is 16.6 Å². The molecule has 1 aliphatic carbocycles. The van der Waals surface area contributed by atoms with Crippen LogP contribution >= 0.6 is 11.3 Å². The number of nitrogens with two attached hydrogens (primary N) is 1. The second kappa shape index (κ2) is 6.07. The van der Waals surface area contributed by atoms with Crippen molar-refractivity contribution >= 4 is 27.4 Å². The molecule has 0 bridgehead atoms. The molecule has 0 radical (unpaired) electrons. The van der Waals surface area contributed by atoms with Gasteiger partial charge in [-0.3, -0.25) is 0 Å². The molecule has 2 heterocycles. The van der Waals surface area contributed by atoms with Crippen LogP contribution in [0.15, 0.2) is 12.4 Å². The lowest BCUT2D eigenvalue weighted by Crippen LogP contribution is -2.44. The maximum atomic E-state index is 13.6. The van der Waals surface area contributed by atoms with E-state index in [4.69, 9.17) is 5.73 Å². The predicted octanol–water partition coefficient (Wildman–Crippen LogP) is 3.72. The number of rotatable bonds is 3. The van der Waals surface area contributed by atoms with Gasteiger partial charge in [0.1, 0.15) is 17.0 Å². The van der Waals surface area contributed by atoms with Gasteiger partial charge in [-0.1, -0.05) is 0 Å². The van der Waals surface area contributed by atoms with Gasteiger partial charge in [-0.2, -0.15) is 13.2 Å². The zero-order valence-corrected chi connectivity index (χ0v) is 13.2. The highest BCUT2D eigenvalue weighted by atomic mass is 32.1. The molecule has 0 unspecified atom stereocenters. The molecule has 0 amide bonds. The number of alkyl halides is 5. The van der Waals surface area contributed by atoms with Crippen LogP contribution < -0.4 is 11.1 Å². The first kappa shape index (κ1) is 17.3. The Morgan fingerprint density at radius 2 is 2.04 bits per heavy atom. The molecule has 0 aromatic carbocycles. The average molecular weight is 366 g/mol. The van der Waals surface area contributed by atoms with Gasteiger partial charge in [0.2, 0.25) is 0 Å². The van der Waals surface area contributed by atoms with Crippen LogP contribution in [0.1, 0.15) is 24.1 Å². The van der Waals surface area contributed by atoms with Gasteiger partial charge in [0.05, 0.1) is 11.8 Å². The smallest absolute Gasteiger partial charge is 0.366 e. The van der Waals surface area contributed by atoms with Crippen molar-refractivity contribution in [1.29, 1.82) is 0 Å². The molecular formula is C14H15F5N4S. The number of aromatic nitrogens is 2. The molecule has 1 fully saturated rings. The minimum Gasteiger partial charge on any atom is -0.366 e. The average Bonchev–Trinajstić information content (AvgIpc) is 2.77. The third-order valence-corrected chi connectivity index (χ3v) is 4.83. The van der Waals surface area contributed by atoms with E-state index in [1.54, 1.807) is 0 Å². The molecule has 4 nitrogen and oxygen atoms in total. The minimum absolute atomic E-state index is 0.103. The molecule has 0 aliphatic heterocycles. The lowest BCUT2D eigenvalue weighted by atomic mass is 9.88. The van der Waals surface area contributed by atoms with E-state index >= 15 is 0 Å². The summed E-state index contributed by atoms with van der Waals surface area (Å²) in [6, 6.07) is 0.135. The summed E-state index contributed by atoms with van der Waals surface area (Å²) in [5.41, 5.74) is 5.66. The quantitative estimate of drug-likeness (QED) is 0.813. The highest BCUT2D eigenvalue weighted by Crippen LogP contribution is 2.36. The Morgan fingerprint density at radius 3 is 2.71 bits per heavy atom. The summed E-state index contributed by atoms with van der Waals surface area (Å²) < 4.78 is 64.9. The normalized spacial score (nSPS) is 24.2. The molecule has 24 heavy (non-hydrogen) atoms. The van der Waals surface area contributed by atoms with Crippen molar-refractivity contribution in [2.75, 3.05) is 5.32 Å². The molecule has 10 heteroatoms. The van der Waals surface area contributed by atoms with E-state index in [1.807, 2.05) is 0 Å². The number of halogens is 5. The van der Waals surface area contributed by atoms with Crippen LogP contribution in [-0.2, 0) is 6.42 Å². The Bertz CT molecular complexity index is 730. The Balaban J connectivity index is 1.84. The first-order chi connectivity index (χ1) is 11.1. The van der Waals surface area contributed by atoms with Crippen molar-refractivity contribution < 1.29 is 22.0 Å². The maximum Gasteiger partial charge on any atom is 0.393 e. The summed E-state index contributed by atoms with van der Waals surface area (Å²) in [7, 11) is 0. The maximum absolute atomic E-state index is 13.6. The van der Waals surface area contributed by atoms with Crippen LogP contribution in [0, 0.1) is 0 Å². The van der Waals surface area contributed by atoms with Crippen LogP contribution in [0.25, 0.3) is 10.2 Å². The highest BCUT2D eigenvalue weighted by molar-refractivity contribution is 7.18. The minimum atomic E-state index is -4.32.